The number of hydrogen-bond acceptors (Lipinski definition) is 4. The van der Waals surface area contributed by atoms with Gasteiger partial charge in [0, 0.05) is 34.1 Å². The van der Waals surface area contributed by atoms with E-state index in [1.54, 1.807) is 55.5 Å². The van der Waals surface area contributed by atoms with E-state index in [2.05, 4.69) is 5.32 Å². The molecule has 1 N–H and O–H groups in total. The number of rotatable bonds is 12. The largest absolute Gasteiger partial charge is 0.352 e. The third-order valence-electron chi connectivity index (χ3n) is 8.64. The van der Waals surface area contributed by atoms with Gasteiger partial charge in [0.1, 0.15) is 12.6 Å². The summed E-state index contributed by atoms with van der Waals surface area (Å²) in [6, 6.07) is 24.7. The highest BCUT2D eigenvalue weighted by Crippen LogP contribution is 2.31. The quantitative estimate of drug-likeness (QED) is 0.160. The maximum atomic E-state index is 14.7. The van der Waals surface area contributed by atoms with Crippen LogP contribution in [0, 0.1) is 13.8 Å². The average molecular weight is 727 g/mol. The molecule has 4 aromatic carbocycles. The number of nitrogens with zero attached hydrogens (tertiary/aromatic N) is 2. The summed E-state index contributed by atoms with van der Waals surface area (Å²) in [5.41, 5.74) is 3.17. The van der Waals surface area contributed by atoms with Crippen LogP contribution < -0.4 is 9.62 Å². The lowest BCUT2D eigenvalue weighted by atomic mass is 10.0. The zero-order valence-corrected chi connectivity index (χ0v) is 29.9. The number of aryl methyl sites for hydroxylation is 2. The van der Waals surface area contributed by atoms with Crippen LogP contribution in [0.1, 0.15) is 47.9 Å². The molecule has 0 heterocycles. The van der Waals surface area contributed by atoms with Crippen molar-refractivity contribution in [2.45, 2.75) is 69.5 Å². The number of amides is 2. The predicted molar refractivity (Wildman–Crippen MR) is 193 cm³/mol. The molecule has 1 aliphatic rings. The molecule has 0 aromatic heterocycles. The van der Waals surface area contributed by atoms with E-state index in [1.807, 2.05) is 37.3 Å². The van der Waals surface area contributed by atoms with Gasteiger partial charge in [-0.25, -0.2) is 8.42 Å². The van der Waals surface area contributed by atoms with Crippen LogP contribution in [0.3, 0.4) is 0 Å². The Bertz CT molecular complexity index is 1860. The first-order valence-electron chi connectivity index (χ1n) is 15.9. The number of carbonyl (C=O) groups is 2. The Labute approximate surface area is 297 Å². The van der Waals surface area contributed by atoms with Crippen LogP contribution in [0.5, 0.6) is 0 Å². The van der Waals surface area contributed by atoms with Crippen molar-refractivity contribution >= 4 is 62.3 Å². The molecule has 2 amide bonds. The van der Waals surface area contributed by atoms with Gasteiger partial charge in [-0.1, -0.05) is 102 Å². The summed E-state index contributed by atoms with van der Waals surface area (Å²) in [7, 11) is -4.25. The lowest BCUT2D eigenvalue weighted by Crippen LogP contribution is -2.54. The van der Waals surface area contributed by atoms with Crippen molar-refractivity contribution < 1.29 is 18.0 Å². The van der Waals surface area contributed by atoms with Crippen molar-refractivity contribution in [3.8, 4) is 0 Å². The second-order valence-electron chi connectivity index (χ2n) is 12.2. The van der Waals surface area contributed by atoms with Crippen LogP contribution in [-0.2, 0) is 32.6 Å². The van der Waals surface area contributed by atoms with E-state index in [1.165, 1.54) is 17.0 Å². The van der Waals surface area contributed by atoms with Gasteiger partial charge in [0.05, 0.1) is 10.6 Å². The molecule has 5 rings (SSSR count). The lowest BCUT2D eigenvalue weighted by molar-refractivity contribution is -0.140. The van der Waals surface area contributed by atoms with Gasteiger partial charge in [-0.05, 0) is 85.8 Å². The van der Waals surface area contributed by atoms with E-state index >= 15 is 0 Å². The van der Waals surface area contributed by atoms with Crippen molar-refractivity contribution in [3.05, 3.63) is 128 Å². The second-order valence-corrected chi connectivity index (χ2v) is 15.4. The van der Waals surface area contributed by atoms with E-state index in [9.17, 15) is 18.0 Å². The number of carbonyl (C=O) groups excluding carboxylic acids is 2. The summed E-state index contributed by atoms with van der Waals surface area (Å²) in [6.45, 7) is 2.97. The van der Waals surface area contributed by atoms with Gasteiger partial charge in [0.25, 0.3) is 10.0 Å². The van der Waals surface area contributed by atoms with Gasteiger partial charge in [-0.15, -0.1) is 0 Å². The number of sulfonamides is 1. The first-order valence-corrected chi connectivity index (χ1v) is 18.4. The predicted octanol–water partition coefficient (Wildman–Crippen LogP) is 8.16. The summed E-state index contributed by atoms with van der Waals surface area (Å²) in [5, 5.41) is 4.36. The van der Waals surface area contributed by atoms with Crippen LogP contribution in [0.25, 0.3) is 0 Å². The molecule has 1 unspecified atom stereocenters. The van der Waals surface area contributed by atoms with Crippen LogP contribution >= 0.6 is 34.8 Å². The molecule has 1 saturated carbocycles. The first-order chi connectivity index (χ1) is 22.9. The van der Waals surface area contributed by atoms with Gasteiger partial charge < -0.3 is 10.2 Å². The Balaban J connectivity index is 1.60. The summed E-state index contributed by atoms with van der Waals surface area (Å²) < 4.78 is 29.7. The molecule has 1 atom stereocenters. The van der Waals surface area contributed by atoms with E-state index in [4.69, 9.17) is 34.8 Å². The Morgan fingerprint density at radius 3 is 2.15 bits per heavy atom. The van der Waals surface area contributed by atoms with E-state index < -0.39 is 28.5 Å². The van der Waals surface area contributed by atoms with Crippen molar-refractivity contribution in [2.24, 2.45) is 0 Å². The van der Waals surface area contributed by atoms with Gasteiger partial charge in [-0.2, -0.15) is 0 Å². The molecule has 11 heteroatoms. The summed E-state index contributed by atoms with van der Waals surface area (Å²) in [5.74, 6) is -0.881. The van der Waals surface area contributed by atoms with E-state index in [0.717, 1.165) is 41.1 Å². The molecule has 1 fully saturated rings. The molecule has 0 spiro atoms. The number of nitrogens with one attached hydrogen (secondary N) is 1. The molecular weight excluding hydrogens is 689 g/mol. The number of benzene rings is 4. The van der Waals surface area contributed by atoms with E-state index in [0.29, 0.717) is 31.9 Å². The highest BCUT2D eigenvalue weighted by molar-refractivity contribution is 7.92. The molecule has 0 radical (unpaired) electrons. The van der Waals surface area contributed by atoms with Gasteiger partial charge in [-0.3, -0.25) is 13.9 Å². The molecule has 252 valence electrons. The van der Waals surface area contributed by atoms with Gasteiger partial charge >= 0.3 is 0 Å². The maximum Gasteiger partial charge on any atom is 0.264 e. The summed E-state index contributed by atoms with van der Waals surface area (Å²) >= 11 is 19.1. The third-order valence-corrected chi connectivity index (χ3v) is 11.2. The minimum absolute atomic E-state index is 0.00183. The maximum absolute atomic E-state index is 14.7. The van der Waals surface area contributed by atoms with Crippen LogP contribution in [0.2, 0.25) is 15.1 Å². The molecular formula is C37H38Cl3N3O4S. The van der Waals surface area contributed by atoms with Crippen molar-refractivity contribution in [3.63, 3.8) is 0 Å². The molecule has 0 aliphatic heterocycles. The number of halogens is 3. The monoisotopic (exact) mass is 725 g/mol. The molecule has 7 nitrogen and oxygen atoms in total. The van der Waals surface area contributed by atoms with Crippen molar-refractivity contribution in [1.29, 1.82) is 0 Å². The zero-order valence-electron chi connectivity index (χ0n) is 26.8. The van der Waals surface area contributed by atoms with Gasteiger partial charge in [0.2, 0.25) is 11.8 Å². The van der Waals surface area contributed by atoms with Crippen molar-refractivity contribution in [1.82, 2.24) is 10.2 Å². The van der Waals surface area contributed by atoms with Gasteiger partial charge in [0.15, 0.2) is 0 Å². The Morgan fingerprint density at radius 2 is 1.50 bits per heavy atom. The Morgan fingerprint density at radius 1 is 0.854 bits per heavy atom. The fourth-order valence-corrected chi connectivity index (χ4v) is 8.18. The third kappa shape index (κ3) is 8.72. The Hall–Kier alpha value is -3.56. The fraction of sp³-hybridized carbons (Fsp3) is 0.297. The molecule has 0 bridgehead atoms. The average Bonchev–Trinajstić information content (AvgIpc) is 3.56. The molecule has 48 heavy (non-hydrogen) atoms. The molecule has 0 saturated heterocycles. The Kier molecular flexibility index (Phi) is 11.7. The minimum atomic E-state index is -4.25. The summed E-state index contributed by atoms with van der Waals surface area (Å²) in [6.07, 6.45) is 3.96. The zero-order chi connectivity index (χ0) is 34.4. The van der Waals surface area contributed by atoms with Crippen LogP contribution in [0.4, 0.5) is 5.69 Å². The minimum Gasteiger partial charge on any atom is -0.352 e. The fourth-order valence-electron chi connectivity index (χ4n) is 6.00. The standard InChI is InChI=1S/C37H38Cl3N3O4S/c1-25-12-17-32(18-13-25)48(46,47)43(34-19-16-29(38)20-26(34)2)24-36(44)42(23-28-14-15-30(39)22-33(28)40)35(21-27-8-4-3-5-9-27)37(45)41-31-10-6-7-11-31/h3-5,8-9,12-20,22,31,35H,6-7,10-11,21,23-24H2,1-2H3,(H,41,45). The highest BCUT2D eigenvalue weighted by Gasteiger charge is 2.36. The normalized spacial score (nSPS) is 14.0. The summed E-state index contributed by atoms with van der Waals surface area (Å²) in [4.78, 5) is 30.4. The van der Waals surface area contributed by atoms with Crippen LogP contribution in [0.15, 0.2) is 95.9 Å². The first kappa shape index (κ1) is 35.7. The lowest BCUT2D eigenvalue weighted by Gasteiger charge is -2.35. The number of anilines is 1. The smallest absolute Gasteiger partial charge is 0.264 e. The molecule has 1 aliphatic carbocycles. The van der Waals surface area contributed by atoms with E-state index in [-0.39, 0.29) is 29.8 Å². The number of hydrogen-bond donors (Lipinski definition) is 1. The highest BCUT2D eigenvalue weighted by atomic mass is 35.5. The van der Waals surface area contributed by atoms with Crippen molar-refractivity contribution in [2.75, 3.05) is 10.8 Å². The second kappa shape index (κ2) is 15.8. The van der Waals surface area contributed by atoms with Crippen LogP contribution in [-0.4, -0.2) is 43.8 Å². The SMILES string of the molecule is Cc1ccc(S(=O)(=O)N(CC(=O)N(Cc2ccc(Cl)cc2Cl)C(Cc2ccccc2)C(=O)NC2CCCC2)c2ccc(Cl)cc2C)cc1. The molecule has 4 aromatic rings. The topological polar surface area (TPSA) is 86.8 Å².